The Labute approximate surface area is 145 Å². The summed E-state index contributed by atoms with van der Waals surface area (Å²) in [6, 6.07) is 7.98. The van der Waals surface area contributed by atoms with Crippen molar-refractivity contribution in [3.63, 3.8) is 0 Å². The van der Waals surface area contributed by atoms with Crippen LogP contribution >= 0.6 is 22.9 Å². The van der Waals surface area contributed by atoms with Crippen molar-refractivity contribution in [2.45, 2.75) is 24.8 Å². The summed E-state index contributed by atoms with van der Waals surface area (Å²) in [4.78, 5) is 15.0. The number of nitrogens with zero attached hydrogens (tertiary/aromatic N) is 1. The highest BCUT2D eigenvalue weighted by atomic mass is 35.5. The van der Waals surface area contributed by atoms with E-state index in [1.807, 2.05) is 18.4 Å². The fraction of sp³-hybridized carbons (Fsp3) is 0.312. The van der Waals surface area contributed by atoms with Gasteiger partial charge in [0.2, 0.25) is 5.91 Å². The van der Waals surface area contributed by atoms with E-state index < -0.39 is 9.84 Å². The Morgan fingerprint density at radius 1 is 1.22 bits per heavy atom. The molecule has 0 bridgehead atoms. The molecule has 1 heterocycles. The van der Waals surface area contributed by atoms with E-state index in [-0.39, 0.29) is 23.0 Å². The first-order valence-electron chi connectivity index (χ1n) is 7.05. The predicted octanol–water partition coefficient (Wildman–Crippen LogP) is 3.53. The second-order valence-electron chi connectivity index (χ2n) is 5.30. The number of amides is 1. The van der Waals surface area contributed by atoms with E-state index in [1.54, 1.807) is 23.3 Å². The van der Waals surface area contributed by atoms with E-state index in [9.17, 15) is 13.2 Å². The lowest BCUT2D eigenvalue weighted by Gasteiger charge is -2.17. The monoisotopic (exact) mass is 371 g/mol. The first kappa shape index (κ1) is 18.0. The van der Waals surface area contributed by atoms with Gasteiger partial charge in [0.1, 0.15) is 0 Å². The van der Waals surface area contributed by atoms with Gasteiger partial charge in [0.05, 0.1) is 17.2 Å². The molecule has 2 rings (SSSR count). The second kappa shape index (κ2) is 7.47. The number of hydrogen-bond donors (Lipinski definition) is 0. The highest BCUT2D eigenvalue weighted by Gasteiger charge is 2.18. The molecule has 0 radical (unpaired) electrons. The molecule has 0 spiro atoms. The Morgan fingerprint density at radius 2 is 1.87 bits per heavy atom. The van der Waals surface area contributed by atoms with Crippen LogP contribution in [-0.4, -0.2) is 32.0 Å². The van der Waals surface area contributed by atoms with Gasteiger partial charge in [-0.3, -0.25) is 4.79 Å². The molecule has 1 aromatic heterocycles. The summed E-state index contributed by atoms with van der Waals surface area (Å²) in [5.74, 6) is -0.392. The number of aryl methyl sites for hydroxylation is 1. The number of carbonyl (C=O) groups is 1. The molecule has 1 amide bonds. The van der Waals surface area contributed by atoms with Gasteiger partial charge in [0.15, 0.2) is 9.84 Å². The van der Waals surface area contributed by atoms with E-state index in [0.29, 0.717) is 11.6 Å². The van der Waals surface area contributed by atoms with Crippen LogP contribution in [-0.2, 0) is 21.2 Å². The second-order valence-corrected chi connectivity index (χ2v) is 8.85. The molecular formula is C16H18ClNO3S2. The van der Waals surface area contributed by atoms with E-state index in [2.05, 4.69) is 0 Å². The molecule has 7 heteroatoms. The number of carbonyl (C=O) groups excluding carboxylic acids is 1. The largest absolute Gasteiger partial charge is 0.341 e. The lowest BCUT2D eigenvalue weighted by atomic mass is 10.3. The summed E-state index contributed by atoms with van der Waals surface area (Å²) >= 11 is 7.35. The molecule has 4 nitrogen and oxygen atoms in total. The van der Waals surface area contributed by atoms with E-state index in [4.69, 9.17) is 11.6 Å². The summed E-state index contributed by atoms with van der Waals surface area (Å²) in [6.45, 7) is 2.50. The van der Waals surface area contributed by atoms with Gasteiger partial charge in [-0.15, -0.1) is 11.3 Å². The van der Waals surface area contributed by atoms with Crippen LogP contribution in [0.5, 0.6) is 0 Å². The third-order valence-corrected chi connectivity index (χ3v) is 6.52. The SMILES string of the molecule is Cc1ccsc1CN(C)C(=O)CCS(=O)(=O)c1ccc(Cl)cc1. The van der Waals surface area contributed by atoms with Crippen molar-refractivity contribution in [1.29, 1.82) is 0 Å². The zero-order chi connectivity index (χ0) is 17.0. The van der Waals surface area contributed by atoms with Crippen LogP contribution in [0.15, 0.2) is 40.6 Å². The van der Waals surface area contributed by atoms with Crippen molar-refractivity contribution >= 4 is 38.7 Å². The normalized spacial score (nSPS) is 11.4. The molecule has 0 aliphatic carbocycles. The molecule has 0 aliphatic heterocycles. The minimum absolute atomic E-state index is 0.0358. The Morgan fingerprint density at radius 3 is 2.43 bits per heavy atom. The minimum atomic E-state index is -3.48. The third-order valence-electron chi connectivity index (χ3n) is 3.53. The zero-order valence-electron chi connectivity index (χ0n) is 13.0. The van der Waals surface area contributed by atoms with Gasteiger partial charge in [-0.2, -0.15) is 0 Å². The molecule has 0 N–H and O–H groups in total. The van der Waals surface area contributed by atoms with Crippen LogP contribution in [0, 0.1) is 6.92 Å². The molecule has 0 saturated heterocycles. The lowest BCUT2D eigenvalue weighted by molar-refractivity contribution is -0.129. The first-order valence-corrected chi connectivity index (χ1v) is 9.96. The van der Waals surface area contributed by atoms with Crippen molar-refractivity contribution < 1.29 is 13.2 Å². The topological polar surface area (TPSA) is 54.5 Å². The molecule has 1 aromatic carbocycles. The van der Waals surface area contributed by atoms with Gasteiger partial charge in [0.25, 0.3) is 0 Å². The Hall–Kier alpha value is -1.37. The average Bonchev–Trinajstić information content (AvgIpc) is 2.90. The molecule has 0 fully saturated rings. The average molecular weight is 372 g/mol. The molecule has 23 heavy (non-hydrogen) atoms. The summed E-state index contributed by atoms with van der Waals surface area (Å²) in [5, 5.41) is 2.46. The fourth-order valence-electron chi connectivity index (χ4n) is 2.04. The predicted molar refractivity (Wildman–Crippen MR) is 93.7 cm³/mol. The molecule has 0 atom stereocenters. The van der Waals surface area contributed by atoms with Gasteiger partial charge >= 0.3 is 0 Å². The van der Waals surface area contributed by atoms with Crippen LogP contribution in [0.25, 0.3) is 0 Å². The maximum Gasteiger partial charge on any atom is 0.223 e. The fourth-order valence-corrected chi connectivity index (χ4v) is 4.36. The van der Waals surface area contributed by atoms with Crippen LogP contribution < -0.4 is 0 Å². The molecular weight excluding hydrogens is 354 g/mol. The van der Waals surface area contributed by atoms with E-state index in [1.165, 1.54) is 24.3 Å². The van der Waals surface area contributed by atoms with Crippen molar-refractivity contribution in [2.24, 2.45) is 0 Å². The highest BCUT2D eigenvalue weighted by molar-refractivity contribution is 7.91. The summed E-state index contributed by atoms with van der Waals surface area (Å²) in [6.07, 6.45) is -0.0358. The van der Waals surface area contributed by atoms with Gasteiger partial charge in [-0.25, -0.2) is 8.42 Å². The number of halogens is 1. The highest BCUT2D eigenvalue weighted by Crippen LogP contribution is 2.19. The summed E-state index contributed by atoms with van der Waals surface area (Å²) in [7, 11) is -1.79. The molecule has 0 aliphatic rings. The van der Waals surface area contributed by atoms with Crippen LogP contribution in [0.3, 0.4) is 0 Å². The van der Waals surface area contributed by atoms with Gasteiger partial charge in [0, 0.05) is 23.4 Å². The summed E-state index contributed by atoms with van der Waals surface area (Å²) in [5.41, 5.74) is 1.14. The molecule has 124 valence electrons. The standard InChI is InChI=1S/C16H18ClNO3S2/c1-12-7-9-22-15(12)11-18(2)16(19)8-10-23(20,21)14-5-3-13(17)4-6-14/h3-7,9H,8,10-11H2,1-2H3. The smallest absolute Gasteiger partial charge is 0.223 e. The number of benzene rings is 1. The number of thiophene rings is 1. The third kappa shape index (κ3) is 4.80. The van der Waals surface area contributed by atoms with Gasteiger partial charge in [-0.05, 0) is 48.2 Å². The Bertz CT molecular complexity index is 782. The maximum atomic E-state index is 12.2. The Balaban J connectivity index is 1.95. The lowest BCUT2D eigenvalue weighted by Crippen LogP contribution is -2.27. The minimum Gasteiger partial charge on any atom is -0.341 e. The molecule has 2 aromatic rings. The van der Waals surface area contributed by atoms with Crippen molar-refractivity contribution in [3.8, 4) is 0 Å². The quantitative estimate of drug-likeness (QED) is 0.780. The first-order chi connectivity index (χ1) is 10.8. The maximum absolute atomic E-state index is 12.2. The summed E-state index contributed by atoms with van der Waals surface area (Å²) < 4.78 is 24.5. The van der Waals surface area contributed by atoms with Crippen LogP contribution in [0.2, 0.25) is 5.02 Å². The van der Waals surface area contributed by atoms with E-state index in [0.717, 1.165) is 10.4 Å². The number of sulfone groups is 1. The zero-order valence-corrected chi connectivity index (χ0v) is 15.3. The van der Waals surface area contributed by atoms with Crippen molar-refractivity contribution in [3.05, 3.63) is 51.2 Å². The number of rotatable bonds is 6. The van der Waals surface area contributed by atoms with Crippen molar-refractivity contribution in [1.82, 2.24) is 4.90 Å². The van der Waals surface area contributed by atoms with Crippen LogP contribution in [0.4, 0.5) is 0 Å². The number of hydrogen-bond acceptors (Lipinski definition) is 4. The van der Waals surface area contributed by atoms with Crippen molar-refractivity contribution in [2.75, 3.05) is 12.8 Å². The Kier molecular flexibility index (Phi) is 5.84. The van der Waals surface area contributed by atoms with Gasteiger partial charge in [-0.1, -0.05) is 11.6 Å². The van der Waals surface area contributed by atoms with E-state index >= 15 is 0 Å². The molecule has 0 saturated carbocycles. The van der Waals surface area contributed by atoms with Crippen LogP contribution in [0.1, 0.15) is 16.9 Å². The molecule has 0 unspecified atom stereocenters. The van der Waals surface area contributed by atoms with Gasteiger partial charge < -0.3 is 4.90 Å².